The zero-order valence-corrected chi connectivity index (χ0v) is 19.0. The molecule has 1 heterocycles. The van der Waals surface area contributed by atoms with E-state index in [2.05, 4.69) is 10.4 Å². The second-order valence-electron chi connectivity index (χ2n) is 7.51. The van der Waals surface area contributed by atoms with Gasteiger partial charge in [-0.25, -0.2) is 9.48 Å². The summed E-state index contributed by atoms with van der Waals surface area (Å²) in [5.74, 6) is -0.585. The molecule has 0 radical (unpaired) electrons. The summed E-state index contributed by atoms with van der Waals surface area (Å²) >= 11 is 0. The van der Waals surface area contributed by atoms with Crippen LogP contribution in [0.3, 0.4) is 0 Å². The lowest BCUT2D eigenvalue weighted by Crippen LogP contribution is -2.26. The van der Waals surface area contributed by atoms with Gasteiger partial charge in [0.25, 0.3) is 5.91 Å². The van der Waals surface area contributed by atoms with Crippen LogP contribution in [-0.2, 0) is 9.53 Å². The van der Waals surface area contributed by atoms with E-state index in [1.54, 1.807) is 54.1 Å². The zero-order chi connectivity index (χ0) is 23.9. The van der Waals surface area contributed by atoms with Gasteiger partial charge in [0, 0.05) is 5.56 Å². The van der Waals surface area contributed by atoms with Crippen molar-refractivity contribution in [3.05, 3.63) is 108 Å². The molecule has 1 unspecified atom stereocenters. The summed E-state index contributed by atoms with van der Waals surface area (Å²) in [6, 6.07) is 25.5. The summed E-state index contributed by atoms with van der Waals surface area (Å²) in [7, 11) is 0. The Morgan fingerprint density at radius 2 is 1.59 bits per heavy atom. The molecule has 172 valence electrons. The highest BCUT2D eigenvalue weighted by atomic mass is 16.5. The van der Waals surface area contributed by atoms with Gasteiger partial charge >= 0.3 is 5.97 Å². The fraction of sp³-hybridized carbons (Fsp3) is 0.148. The number of benzene rings is 3. The second kappa shape index (κ2) is 10.5. The lowest BCUT2D eigenvalue weighted by atomic mass is 10.1. The molecule has 1 atom stereocenters. The molecule has 0 bridgehead atoms. The first-order chi connectivity index (χ1) is 16.6. The van der Waals surface area contributed by atoms with Crippen molar-refractivity contribution in [1.29, 1.82) is 0 Å². The SMILES string of the molecule is CCOc1ccccc1NC(=O)C(OC(=O)c1cnn(-c2ccccc2)c1C)c1ccccc1. The number of nitrogens with zero attached hydrogens (tertiary/aromatic N) is 2. The average Bonchev–Trinajstić information content (AvgIpc) is 3.26. The van der Waals surface area contributed by atoms with Crippen molar-refractivity contribution >= 4 is 17.6 Å². The first-order valence-electron chi connectivity index (χ1n) is 11.0. The Morgan fingerprint density at radius 1 is 0.941 bits per heavy atom. The van der Waals surface area contributed by atoms with Gasteiger partial charge in [-0.2, -0.15) is 5.10 Å². The molecule has 7 heteroatoms. The number of ether oxygens (including phenoxy) is 2. The van der Waals surface area contributed by atoms with Crippen molar-refractivity contribution in [3.63, 3.8) is 0 Å². The Hall–Kier alpha value is -4.39. The van der Waals surface area contributed by atoms with Crippen molar-refractivity contribution in [2.45, 2.75) is 20.0 Å². The van der Waals surface area contributed by atoms with E-state index >= 15 is 0 Å². The monoisotopic (exact) mass is 455 g/mol. The average molecular weight is 456 g/mol. The molecule has 0 aliphatic heterocycles. The fourth-order valence-corrected chi connectivity index (χ4v) is 3.56. The quantitative estimate of drug-likeness (QED) is 0.373. The van der Waals surface area contributed by atoms with Crippen molar-refractivity contribution in [3.8, 4) is 11.4 Å². The molecule has 0 saturated heterocycles. The van der Waals surface area contributed by atoms with Crippen LogP contribution in [0.4, 0.5) is 5.69 Å². The maximum Gasteiger partial charge on any atom is 0.342 e. The number of anilines is 1. The number of hydrogen-bond acceptors (Lipinski definition) is 5. The minimum absolute atomic E-state index is 0.285. The minimum atomic E-state index is -1.16. The number of nitrogens with one attached hydrogen (secondary N) is 1. The Labute approximate surface area is 197 Å². The van der Waals surface area contributed by atoms with Gasteiger partial charge in [-0.3, -0.25) is 4.79 Å². The zero-order valence-electron chi connectivity index (χ0n) is 19.0. The third-order valence-electron chi connectivity index (χ3n) is 5.24. The Morgan fingerprint density at radius 3 is 2.29 bits per heavy atom. The van der Waals surface area contributed by atoms with Gasteiger partial charge in [0.15, 0.2) is 0 Å². The van der Waals surface area contributed by atoms with E-state index in [0.29, 0.717) is 29.3 Å². The van der Waals surface area contributed by atoms with E-state index < -0.39 is 18.0 Å². The fourth-order valence-electron chi connectivity index (χ4n) is 3.56. The van der Waals surface area contributed by atoms with Gasteiger partial charge in [-0.05, 0) is 38.1 Å². The summed E-state index contributed by atoms with van der Waals surface area (Å²) in [6.45, 7) is 4.10. The molecule has 0 aliphatic rings. The van der Waals surface area contributed by atoms with Crippen LogP contribution in [0.5, 0.6) is 5.75 Å². The Kier molecular flexibility index (Phi) is 7.03. The van der Waals surface area contributed by atoms with Crippen LogP contribution < -0.4 is 10.1 Å². The molecule has 3 aromatic carbocycles. The molecule has 1 amide bonds. The molecule has 0 saturated carbocycles. The maximum absolute atomic E-state index is 13.3. The molecule has 4 rings (SSSR count). The molecule has 4 aromatic rings. The van der Waals surface area contributed by atoms with Crippen LogP contribution in [0.1, 0.15) is 34.6 Å². The third-order valence-corrected chi connectivity index (χ3v) is 5.24. The smallest absolute Gasteiger partial charge is 0.342 e. The van der Waals surface area contributed by atoms with Crippen molar-refractivity contribution in [2.24, 2.45) is 0 Å². The molecule has 0 spiro atoms. The standard InChI is InChI=1S/C27H25N3O4/c1-3-33-24-17-11-10-16-23(24)29-26(31)25(20-12-6-4-7-13-20)34-27(32)22-18-28-30(19(22)2)21-14-8-5-9-15-21/h4-18,25H,3H2,1-2H3,(H,29,31). The first-order valence-corrected chi connectivity index (χ1v) is 11.0. The number of aromatic nitrogens is 2. The molecule has 1 aromatic heterocycles. The number of carbonyl (C=O) groups excluding carboxylic acids is 2. The number of carbonyl (C=O) groups is 2. The van der Waals surface area contributed by atoms with E-state index in [1.165, 1.54) is 6.20 Å². The highest BCUT2D eigenvalue weighted by molar-refractivity contribution is 5.99. The molecular formula is C27H25N3O4. The van der Waals surface area contributed by atoms with Gasteiger partial charge < -0.3 is 14.8 Å². The number of rotatable bonds is 8. The predicted molar refractivity (Wildman–Crippen MR) is 129 cm³/mol. The minimum Gasteiger partial charge on any atom is -0.492 e. The second-order valence-corrected chi connectivity index (χ2v) is 7.51. The highest BCUT2D eigenvalue weighted by Gasteiger charge is 2.28. The van der Waals surface area contributed by atoms with Crippen LogP contribution in [-0.4, -0.2) is 28.3 Å². The van der Waals surface area contributed by atoms with E-state index in [9.17, 15) is 9.59 Å². The Balaban J connectivity index is 1.60. The lowest BCUT2D eigenvalue weighted by molar-refractivity contribution is -0.125. The van der Waals surface area contributed by atoms with E-state index in [4.69, 9.17) is 9.47 Å². The first kappa shape index (κ1) is 22.8. The van der Waals surface area contributed by atoms with Crippen LogP contribution in [0.2, 0.25) is 0 Å². The molecule has 0 fully saturated rings. The Bertz CT molecular complexity index is 1270. The number of esters is 1. The van der Waals surface area contributed by atoms with E-state index in [-0.39, 0.29) is 5.56 Å². The van der Waals surface area contributed by atoms with Gasteiger partial charge in [-0.1, -0.05) is 60.7 Å². The number of amides is 1. The predicted octanol–water partition coefficient (Wildman–Crippen LogP) is 5.12. The molecule has 34 heavy (non-hydrogen) atoms. The highest BCUT2D eigenvalue weighted by Crippen LogP contribution is 2.27. The van der Waals surface area contributed by atoms with Crippen molar-refractivity contribution in [2.75, 3.05) is 11.9 Å². The topological polar surface area (TPSA) is 82.4 Å². The molecule has 1 N–H and O–H groups in total. The van der Waals surface area contributed by atoms with Crippen molar-refractivity contribution < 1.29 is 19.1 Å². The number of hydrogen-bond donors (Lipinski definition) is 1. The third kappa shape index (κ3) is 4.99. The summed E-state index contributed by atoms with van der Waals surface area (Å²) in [4.78, 5) is 26.4. The summed E-state index contributed by atoms with van der Waals surface area (Å²) in [5, 5.41) is 7.16. The summed E-state index contributed by atoms with van der Waals surface area (Å²) < 4.78 is 13.0. The summed E-state index contributed by atoms with van der Waals surface area (Å²) in [6.07, 6.45) is 0.289. The maximum atomic E-state index is 13.3. The largest absolute Gasteiger partial charge is 0.492 e. The van der Waals surface area contributed by atoms with Crippen LogP contribution in [0.15, 0.2) is 91.1 Å². The van der Waals surface area contributed by atoms with E-state index in [0.717, 1.165) is 5.69 Å². The van der Waals surface area contributed by atoms with Crippen molar-refractivity contribution in [1.82, 2.24) is 9.78 Å². The number of para-hydroxylation sites is 3. The normalized spacial score (nSPS) is 11.5. The van der Waals surface area contributed by atoms with E-state index in [1.807, 2.05) is 49.4 Å². The van der Waals surface area contributed by atoms with Crippen LogP contribution in [0, 0.1) is 6.92 Å². The van der Waals surface area contributed by atoms with Gasteiger partial charge in [0.05, 0.1) is 29.9 Å². The molecular weight excluding hydrogens is 430 g/mol. The van der Waals surface area contributed by atoms with Crippen LogP contribution >= 0.6 is 0 Å². The lowest BCUT2D eigenvalue weighted by Gasteiger charge is -2.19. The van der Waals surface area contributed by atoms with Gasteiger partial charge in [0.2, 0.25) is 6.10 Å². The van der Waals surface area contributed by atoms with Gasteiger partial charge in [-0.15, -0.1) is 0 Å². The van der Waals surface area contributed by atoms with Gasteiger partial charge in [0.1, 0.15) is 11.3 Å². The van der Waals surface area contributed by atoms with Crippen LogP contribution in [0.25, 0.3) is 5.69 Å². The molecule has 7 nitrogen and oxygen atoms in total. The molecule has 0 aliphatic carbocycles. The summed E-state index contributed by atoms with van der Waals surface area (Å²) in [5.41, 5.74) is 2.77.